The van der Waals surface area contributed by atoms with E-state index in [1.807, 2.05) is 12.1 Å². The van der Waals surface area contributed by atoms with Gasteiger partial charge in [-0.15, -0.1) is 0 Å². The molecule has 0 radical (unpaired) electrons. The van der Waals surface area contributed by atoms with Crippen molar-refractivity contribution >= 4 is 27.8 Å². The predicted octanol–water partition coefficient (Wildman–Crippen LogP) is 2.47. The first-order valence-electron chi connectivity index (χ1n) is 7.43. The minimum absolute atomic E-state index is 0.0188. The number of hydrogen-bond donors (Lipinski definition) is 1. The summed E-state index contributed by atoms with van der Waals surface area (Å²) in [5.41, 5.74) is 1.26. The van der Waals surface area contributed by atoms with Crippen molar-refractivity contribution in [3.8, 4) is 0 Å². The Morgan fingerprint density at radius 1 is 1.27 bits per heavy atom. The molecule has 1 aliphatic heterocycles. The molecule has 1 fully saturated rings. The molecule has 0 aromatic heterocycles. The Morgan fingerprint density at radius 2 is 2.00 bits per heavy atom. The largest absolute Gasteiger partial charge is 0.479 e. The van der Waals surface area contributed by atoms with Crippen molar-refractivity contribution in [3.63, 3.8) is 0 Å². The van der Waals surface area contributed by atoms with E-state index in [9.17, 15) is 9.59 Å². The number of amides is 1. The van der Waals surface area contributed by atoms with Crippen LogP contribution >= 0.6 is 15.9 Å². The van der Waals surface area contributed by atoms with Crippen molar-refractivity contribution in [1.82, 2.24) is 4.90 Å². The van der Waals surface area contributed by atoms with Crippen LogP contribution in [0.4, 0.5) is 0 Å². The van der Waals surface area contributed by atoms with Gasteiger partial charge in [0.15, 0.2) is 6.10 Å². The standard InChI is InChI=1S/C16H20BrNO4/c17-13-7-5-12(6-8-13)3-1-2-4-15(19)18-9-10-22-14(11-18)16(20)21/h5-8,14H,1-4,9-11H2,(H,20,21)/t14-/m1/s1. The maximum Gasteiger partial charge on any atom is 0.334 e. The average Bonchev–Trinajstić information content (AvgIpc) is 2.53. The first-order valence-corrected chi connectivity index (χ1v) is 8.22. The Hall–Kier alpha value is -1.40. The molecule has 0 aliphatic carbocycles. The molecule has 1 heterocycles. The molecule has 1 aromatic rings. The van der Waals surface area contributed by atoms with E-state index in [-0.39, 0.29) is 12.5 Å². The average molecular weight is 370 g/mol. The number of aliphatic carboxylic acids is 1. The van der Waals surface area contributed by atoms with Gasteiger partial charge >= 0.3 is 5.97 Å². The predicted molar refractivity (Wildman–Crippen MR) is 85.7 cm³/mol. The second-order valence-electron chi connectivity index (χ2n) is 5.37. The molecule has 6 heteroatoms. The quantitative estimate of drug-likeness (QED) is 0.782. The number of unbranched alkanes of at least 4 members (excludes halogenated alkanes) is 1. The van der Waals surface area contributed by atoms with Gasteiger partial charge in [-0.2, -0.15) is 0 Å². The van der Waals surface area contributed by atoms with Crippen LogP contribution in [0.25, 0.3) is 0 Å². The van der Waals surface area contributed by atoms with Gasteiger partial charge in [0.1, 0.15) is 0 Å². The molecule has 1 saturated heterocycles. The Balaban J connectivity index is 1.69. The zero-order valence-corrected chi connectivity index (χ0v) is 13.9. The number of halogens is 1. The van der Waals surface area contributed by atoms with Crippen LogP contribution in [0.2, 0.25) is 0 Å². The molecule has 1 amide bonds. The van der Waals surface area contributed by atoms with Gasteiger partial charge in [0, 0.05) is 17.4 Å². The third-order valence-corrected chi connectivity index (χ3v) is 4.24. The van der Waals surface area contributed by atoms with E-state index in [4.69, 9.17) is 9.84 Å². The van der Waals surface area contributed by atoms with Gasteiger partial charge in [0.2, 0.25) is 5.91 Å². The minimum Gasteiger partial charge on any atom is -0.479 e. The van der Waals surface area contributed by atoms with Crippen LogP contribution < -0.4 is 0 Å². The van der Waals surface area contributed by atoms with Crippen LogP contribution in [0.1, 0.15) is 24.8 Å². The first-order chi connectivity index (χ1) is 10.6. The number of carbonyl (C=O) groups excluding carboxylic acids is 1. The monoisotopic (exact) mass is 369 g/mol. The second-order valence-corrected chi connectivity index (χ2v) is 6.29. The molecule has 0 spiro atoms. The molecular weight excluding hydrogens is 350 g/mol. The summed E-state index contributed by atoms with van der Waals surface area (Å²) in [5, 5.41) is 8.93. The molecule has 1 atom stereocenters. The number of benzene rings is 1. The fraction of sp³-hybridized carbons (Fsp3) is 0.500. The van der Waals surface area contributed by atoms with E-state index >= 15 is 0 Å². The lowest BCUT2D eigenvalue weighted by molar-refractivity contribution is -0.159. The van der Waals surface area contributed by atoms with E-state index in [0.29, 0.717) is 19.6 Å². The number of aryl methyl sites for hydroxylation is 1. The van der Waals surface area contributed by atoms with Gasteiger partial charge < -0.3 is 14.7 Å². The summed E-state index contributed by atoms with van der Waals surface area (Å²) in [6.45, 7) is 0.928. The highest BCUT2D eigenvalue weighted by Gasteiger charge is 2.28. The van der Waals surface area contributed by atoms with Crippen LogP contribution in [0.3, 0.4) is 0 Å². The van der Waals surface area contributed by atoms with E-state index in [1.54, 1.807) is 4.90 Å². The molecule has 120 valence electrons. The number of rotatable bonds is 6. The number of nitrogens with zero attached hydrogens (tertiary/aromatic N) is 1. The molecule has 2 rings (SSSR count). The van der Waals surface area contributed by atoms with Crippen molar-refractivity contribution in [1.29, 1.82) is 0 Å². The first kappa shape index (κ1) is 17.0. The normalized spacial score (nSPS) is 18.2. The second kappa shape index (κ2) is 8.29. The summed E-state index contributed by atoms with van der Waals surface area (Å²) in [5.74, 6) is -0.988. The van der Waals surface area contributed by atoms with Gasteiger partial charge in [0.25, 0.3) is 0 Å². The zero-order chi connectivity index (χ0) is 15.9. The minimum atomic E-state index is -1.01. The number of hydrogen-bond acceptors (Lipinski definition) is 3. The van der Waals surface area contributed by atoms with E-state index < -0.39 is 12.1 Å². The summed E-state index contributed by atoms with van der Waals surface area (Å²) in [6, 6.07) is 8.18. The molecule has 0 bridgehead atoms. The Morgan fingerprint density at radius 3 is 2.68 bits per heavy atom. The van der Waals surface area contributed by atoms with Crippen molar-refractivity contribution < 1.29 is 19.4 Å². The SMILES string of the molecule is O=C(O)[C@H]1CN(C(=O)CCCCc2ccc(Br)cc2)CCO1. The number of carboxylic acids is 1. The molecule has 1 aliphatic rings. The summed E-state index contributed by atoms with van der Waals surface area (Å²) < 4.78 is 6.18. The maximum atomic E-state index is 12.1. The van der Waals surface area contributed by atoms with Crippen LogP contribution in [0.15, 0.2) is 28.7 Å². The fourth-order valence-electron chi connectivity index (χ4n) is 2.44. The van der Waals surface area contributed by atoms with Crippen molar-refractivity contribution in [2.75, 3.05) is 19.7 Å². The lowest BCUT2D eigenvalue weighted by atomic mass is 10.1. The van der Waals surface area contributed by atoms with Gasteiger partial charge in [0.05, 0.1) is 13.2 Å². The van der Waals surface area contributed by atoms with Crippen molar-refractivity contribution in [2.24, 2.45) is 0 Å². The molecule has 22 heavy (non-hydrogen) atoms. The third kappa shape index (κ3) is 5.10. The Labute approximate surface area is 138 Å². The molecule has 0 unspecified atom stereocenters. The van der Waals surface area contributed by atoms with E-state index in [0.717, 1.165) is 23.7 Å². The summed E-state index contributed by atoms with van der Waals surface area (Å²) in [4.78, 5) is 24.6. The zero-order valence-electron chi connectivity index (χ0n) is 12.3. The fourth-order valence-corrected chi connectivity index (χ4v) is 2.70. The lowest BCUT2D eigenvalue weighted by Gasteiger charge is -2.30. The van der Waals surface area contributed by atoms with Gasteiger partial charge in [-0.1, -0.05) is 28.1 Å². The van der Waals surface area contributed by atoms with E-state index in [1.165, 1.54) is 5.56 Å². The maximum absolute atomic E-state index is 12.1. The highest BCUT2D eigenvalue weighted by molar-refractivity contribution is 9.10. The molecule has 0 saturated carbocycles. The molecule has 5 nitrogen and oxygen atoms in total. The summed E-state index contributed by atoms with van der Waals surface area (Å²) >= 11 is 3.40. The third-order valence-electron chi connectivity index (χ3n) is 3.71. The molecule has 1 N–H and O–H groups in total. The Kier molecular flexibility index (Phi) is 6.39. The van der Waals surface area contributed by atoms with Gasteiger partial charge in [-0.25, -0.2) is 4.79 Å². The van der Waals surface area contributed by atoms with E-state index in [2.05, 4.69) is 28.1 Å². The smallest absolute Gasteiger partial charge is 0.334 e. The van der Waals surface area contributed by atoms with Crippen LogP contribution in [-0.4, -0.2) is 47.7 Å². The number of morpholine rings is 1. The highest BCUT2D eigenvalue weighted by Crippen LogP contribution is 2.14. The highest BCUT2D eigenvalue weighted by atomic mass is 79.9. The number of ether oxygens (including phenoxy) is 1. The molecule has 1 aromatic carbocycles. The summed E-state index contributed by atoms with van der Waals surface area (Å²) in [6.07, 6.45) is 2.27. The van der Waals surface area contributed by atoms with Crippen LogP contribution in [-0.2, 0) is 20.7 Å². The Bertz CT molecular complexity index is 517. The van der Waals surface area contributed by atoms with Gasteiger partial charge in [-0.3, -0.25) is 4.79 Å². The van der Waals surface area contributed by atoms with Crippen molar-refractivity contribution in [2.45, 2.75) is 31.8 Å². The molecular formula is C16H20BrNO4. The summed E-state index contributed by atoms with van der Waals surface area (Å²) in [7, 11) is 0. The van der Waals surface area contributed by atoms with Crippen LogP contribution in [0, 0.1) is 0 Å². The van der Waals surface area contributed by atoms with Gasteiger partial charge in [-0.05, 0) is 37.0 Å². The topological polar surface area (TPSA) is 66.8 Å². The van der Waals surface area contributed by atoms with Crippen molar-refractivity contribution in [3.05, 3.63) is 34.3 Å². The lowest BCUT2D eigenvalue weighted by Crippen LogP contribution is -2.48. The number of carboxylic acid groups (broad SMARTS) is 1. The van der Waals surface area contributed by atoms with Crippen LogP contribution in [0.5, 0.6) is 0 Å². The number of carbonyl (C=O) groups is 2.